The number of para-hydroxylation sites is 1. The molecule has 0 bridgehead atoms. The van der Waals surface area contributed by atoms with Crippen LogP contribution in [0, 0.1) is 12.8 Å². The Hall–Kier alpha value is -2.82. The lowest BCUT2D eigenvalue weighted by atomic mass is 9.96. The summed E-state index contributed by atoms with van der Waals surface area (Å²) >= 11 is 0. The second kappa shape index (κ2) is 6.74. The third kappa shape index (κ3) is 3.25. The van der Waals surface area contributed by atoms with E-state index < -0.39 is 5.97 Å². The molecule has 0 unspecified atom stereocenters. The molecule has 1 aliphatic rings. The Labute approximate surface area is 140 Å². The first kappa shape index (κ1) is 16.1. The lowest BCUT2D eigenvalue weighted by Crippen LogP contribution is -2.32. The van der Waals surface area contributed by atoms with Gasteiger partial charge in [-0.2, -0.15) is 0 Å². The van der Waals surface area contributed by atoms with Crippen LogP contribution in [0.3, 0.4) is 0 Å². The predicted octanol–water partition coefficient (Wildman–Crippen LogP) is 2.97. The summed E-state index contributed by atoms with van der Waals surface area (Å²) in [5.74, 6) is 0.0292. The fourth-order valence-corrected chi connectivity index (χ4v) is 2.73. The van der Waals surface area contributed by atoms with Gasteiger partial charge in [-0.05, 0) is 42.7 Å². The van der Waals surface area contributed by atoms with Crippen molar-refractivity contribution in [2.45, 2.75) is 13.3 Å². The first-order valence-electron chi connectivity index (χ1n) is 7.79. The van der Waals surface area contributed by atoms with Crippen LogP contribution in [0.15, 0.2) is 42.5 Å². The lowest BCUT2D eigenvalue weighted by molar-refractivity contribution is -0.121. The molecule has 3 rings (SSSR count). The Bertz CT molecular complexity index is 785. The molecule has 5 nitrogen and oxygen atoms in total. The molecular weight excluding hydrogens is 306 g/mol. The largest absolute Gasteiger partial charge is 0.492 e. The van der Waals surface area contributed by atoms with E-state index in [1.54, 1.807) is 18.2 Å². The Balaban J connectivity index is 1.75. The van der Waals surface area contributed by atoms with Gasteiger partial charge in [0, 0.05) is 5.69 Å². The van der Waals surface area contributed by atoms with Gasteiger partial charge in [0.15, 0.2) is 0 Å². The number of nitrogens with one attached hydrogen (secondary N) is 1. The molecule has 1 amide bonds. The van der Waals surface area contributed by atoms with Gasteiger partial charge in [-0.3, -0.25) is 4.79 Å². The fraction of sp³-hybridized carbons (Fsp3) is 0.263. The third-order valence-corrected chi connectivity index (χ3v) is 4.17. The van der Waals surface area contributed by atoms with Gasteiger partial charge in [-0.1, -0.05) is 24.3 Å². The highest BCUT2D eigenvalue weighted by atomic mass is 16.5. The Kier molecular flexibility index (Phi) is 4.51. The van der Waals surface area contributed by atoms with Crippen LogP contribution < -0.4 is 10.1 Å². The average Bonchev–Trinajstić information content (AvgIpc) is 2.62. The monoisotopic (exact) mass is 325 g/mol. The smallest absolute Gasteiger partial charge is 0.337 e. The van der Waals surface area contributed by atoms with Crippen LogP contribution in [0.4, 0.5) is 5.69 Å². The van der Waals surface area contributed by atoms with Crippen molar-refractivity contribution in [3.63, 3.8) is 0 Å². The molecule has 0 aliphatic carbocycles. The Morgan fingerprint density at radius 1 is 1.21 bits per heavy atom. The average molecular weight is 325 g/mol. The molecule has 1 heterocycles. The normalized spacial score (nSPS) is 15.8. The molecule has 0 aromatic heterocycles. The van der Waals surface area contributed by atoms with Gasteiger partial charge in [0.25, 0.3) is 0 Å². The van der Waals surface area contributed by atoms with Gasteiger partial charge < -0.3 is 14.8 Å². The molecule has 0 saturated carbocycles. The van der Waals surface area contributed by atoms with Crippen LogP contribution in [0.25, 0.3) is 0 Å². The predicted molar refractivity (Wildman–Crippen MR) is 90.3 cm³/mol. The number of rotatable bonds is 3. The number of fused-ring (bicyclic) bond motifs is 1. The summed E-state index contributed by atoms with van der Waals surface area (Å²) in [4.78, 5) is 24.2. The van der Waals surface area contributed by atoms with Gasteiger partial charge in [0.2, 0.25) is 5.91 Å². The number of carbonyl (C=O) groups is 2. The molecule has 0 fully saturated rings. The number of aryl methyl sites for hydroxylation is 1. The van der Waals surface area contributed by atoms with Crippen LogP contribution in [0.5, 0.6) is 5.75 Å². The maximum Gasteiger partial charge on any atom is 0.337 e. The number of amides is 1. The van der Waals surface area contributed by atoms with E-state index >= 15 is 0 Å². The van der Waals surface area contributed by atoms with E-state index in [9.17, 15) is 9.59 Å². The van der Waals surface area contributed by atoms with E-state index in [1.165, 1.54) is 7.11 Å². The number of carbonyl (C=O) groups excluding carboxylic acids is 2. The zero-order valence-electron chi connectivity index (χ0n) is 13.7. The summed E-state index contributed by atoms with van der Waals surface area (Å²) < 4.78 is 10.4. The zero-order valence-corrected chi connectivity index (χ0v) is 13.7. The van der Waals surface area contributed by atoms with Gasteiger partial charge in [-0.15, -0.1) is 0 Å². The summed E-state index contributed by atoms with van der Waals surface area (Å²) in [6.07, 6.45) is 0.637. The number of hydrogen-bond donors (Lipinski definition) is 1. The lowest BCUT2D eigenvalue weighted by Gasteiger charge is -2.24. The number of ether oxygens (including phenoxy) is 2. The second-order valence-corrected chi connectivity index (χ2v) is 5.83. The van der Waals surface area contributed by atoms with Crippen molar-refractivity contribution >= 4 is 17.6 Å². The van der Waals surface area contributed by atoms with Crippen molar-refractivity contribution in [3.8, 4) is 5.75 Å². The van der Waals surface area contributed by atoms with Crippen molar-refractivity contribution < 1.29 is 19.1 Å². The van der Waals surface area contributed by atoms with E-state index in [0.29, 0.717) is 24.3 Å². The first-order valence-corrected chi connectivity index (χ1v) is 7.79. The van der Waals surface area contributed by atoms with Crippen molar-refractivity contribution in [3.05, 3.63) is 59.2 Å². The molecular formula is C19H19NO4. The molecule has 0 spiro atoms. The molecule has 1 N–H and O–H groups in total. The molecule has 5 heteroatoms. The van der Waals surface area contributed by atoms with E-state index in [0.717, 1.165) is 16.9 Å². The van der Waals surface area contributed by atoms with E-state index in [4.69, 9.17) is 9.47 Å². The highest BCUT2D eigenvalue weighted by molar-refractivity contribution is 5.96. The summed E-state index contributed by atoms with van der Waals surface area (Å²) in [5, 5.41) is 2.90. The number of hydrogen-bond acceptors (Lipinski definition) is 4. The number of anilines is 1. The second-order valence-electron chi connectivity index (χ2n) is 5.83. The van der Waals surface area contributed by atoms with Crippen LogP contribution in [-0.2, 0) is 16.0 Å². The standard InChI is InChI=1S/C19H19NO4/c1-12-7-8-14(19(22)23-2)10-16(12)20-18(21)15-9-13-5-3-4-6-17(13)24-11-15/h3-8,10,15H,9,11H2,1-2H3,(H,20,21)/t15-/m0/s1. The summed E-state index contributed by atoms with van der Waals surface area (Å²) in [5.41, 5.74) is 2.93. The van der Waals surface area contributed by atoms with Crippen LogP contribution >= 0.6 is 0 Å². The van der Waals surface area contributed by atoms with Crippen molar-refractivity contribution in [1.82, 2.24) is 0 Å². The highest BCUT2D eigenvalue weighted by Crippen LogP contribution is 2.28. The molecule has 2 aromatic rings. The SMILES string of the molecule is COC(=O)c1ccc(C)c(NC(=O)[C@@H]2COc3ccccc3C2)c1. The van der Waals surface area contributed by atoms with Crippen LogP contribution in [0.2, 0.25) is 0 Å². The van der Waals surface area contributed by atoms with Gasteiger partial charge in [-0.25, -0.2) is 4.79 Å². The van der Waals surface area contributed by atoms with Gasteiger partial charge >= 0.3 is 5.97 Å². The highest BCUT2D eigenvalue weighted by Gasteiger charge is 2.26. The van der Waals surface area contributed by atoms with E-state index in [1.807, 2.05) is 31.2 Å². The summed E-state index contributed by atoms with van der Waals surface area (Å²) in [6.45, 7) is 2.22. The number of benzene rings is 2. The number of esters is 1. The molecule has 0 saturated heterocycles. The molecule has 24 heavy (non-hydrogen) atoms. The van der Waals surface area contributed by atoms with Gasteiger partial charge in [0.05, 0.1) is 18.6 Å². The van der Waals surface area contributed by atoms with Crippen LogP contribution in [0.1, 0.15) is 21.5 Å². The maximum absolute atomic E-state index is 12.6. The van der Waals surface area contributed by atoms with E-state index in [-0.39, 0.29) is 11.8 Å². The molecule has 1 aliphatic heterocycles. The third-order valence-electron chi connectivity index (χ3n) is 4.17. The minimum absolute atomic E-state index is 0.116. The Morgan fingerprint density at radius 3 is 2.79 bits per heavy atom. The fourth-order valence-electron chi connectivity index (χ4n) is 2.73. The van der Waals surface area contributed by atoms with Crippen LogP contribution in [-0.4, -0.2) is 25.6 Å². The van der Waals surface area contributed by atoms with Crippen molar-refractivity contribution in [2.24, 2.45) is 5.92 Å². The Morgan fingerprint density at radius 2 is 2.00 bits per heavy atom. The molecule has 1 atom stereocenters. The minimum Gasteiger partial charge on any atom is -0.492 e. The van der Waals surface area contributed by atoms with Gasteiger partial charge in [0.1, 0.15) is 12.4 Å². The summed E-state index contributed by atoms with van der Waals surface area (Å²) in [6, 6.07) is 12.8. The topological polar surface area (TPSA) is 64.6 Å². The molecule has 0 radical (unpaired) electrons. The molecule has 2 aromatic carbocycles. The quantitative estimate of drug-likeness (QED) is 0.881. The summed E-state index contributed by atoms with van der Waals surface area (Å²) in [7, 11) is 1.33. The van der Waals surface area contributed by atoms with Crippen molar-refractivity contribution in [2.75, 3.05) is 19.0 Å². The minimum atomic E-state index is -0.430. The van der Waals surface area contributed by atoms with Crippen molar-refractivity contribution in [1.29, 1.82) is 0 Å². The molecule has 124 valence electrons. The first-order chi connectivity index (χ1) is 11.6. The number of methoxy groups -OCH3 is 1. The zero-order chi connectivity index (χ0) is 17.1. The maximum atomic E-state index is 12.6. The van der Waals surface area contributed by atoms with E-state index in [2.05, 4.69) is 5.32 Å².